The number of aliphatic hydroxyl groups excluding tert-OH is 1. The van der Waals surface area contributed by atoms with E-state index in [2.05, 4.69) is 12.2 Å². The lowest BCUT2D eigenvalue weighted by Crippen LogP contribution is -2.45. The first-order valence-electron chi connectivity index (χ1n) is 7.86. The van der Waals surface area contributed by atoms with Gasteiger partial charge in [0.05, 0.1) is 12.7 Å². The molecular formula is C17H25NO5. The van der Waals surface area contributed by atoms with Crippen LogP contribution in [0.15, 0.2) is 24.3 Å². The van der Waals surface area contributed by atoms with E-state index in [1.807, 2.05) is 0 Å². The molecule has 0 aliphatic carbocycles. The number of carbonyl (C=O) groups is 2. The number of carbonyl (C=O) groups excluding carboxylic acids is 1. The summed E-state index contributed by atoms with van der Waals surface area (Å²) < 4.78 is 5.53. The maximum Gasteiger partial charge on any atom is 0.323 e. The minimum atomic E-state index is -1.14. The molecule has 23 heavy (non-hydrogen) atoms. The van der Waals surface area contributed by atoms with Crippen LogP contribution in [-0.2, 0) is 4.79 Å². The quantitative estimate of drug-likeness (QED) is 0.425. The maximum absolute atomic E-state index is 12.0. The smallest absolute Gasteiger partial charge is 0.323 e. The van der Waals surface area contributed by atoms with Crippen molar-refractivity contribution in [2.75, 3.05) is 13.2 Å². The molecule has 0 aliphatic rings. The number of hydrogen-bond acceptors (Lipinski definition) is 5. The Kier molecular flexibility index (Phi) is 8.29. The number of carboxylic acids is 1. The fourth-order valence-corrected chi connectivity index (χ4v) is 2.02. The zero-order chi connectivity index (χ0) is 17.2. The average molecular weight is 323 g/mol. The first kappa shape index (κ1) is 19.1. The summed E-state index contributed by atoms with van der Waals surface area (Å²) in [5, 5.41) is 20.9. The molecule has 128 valence electrons. The van der Waals surface area contributed by atoms with Crippen LogP contribution in [-0.4, -0.2) is 47.3 Å². The summed E-state index contributed by atoms with van der Waals surface area (Å²) in [6.07, 6.45) is 1.18. The van der Waals surface area contributed by atoms with E-state index in [1.54, 1.807) is 24.3 Å². The number of aliphatic hydroxyl groups is 1. The third-order valence-electron chi connectivity index (χ3n) is 3.41. The van der Waals surface area contributed by atoms with E-state index in [0.717, 1.165) is 18.6 Å². The highest BCUT2D eigenvalue weighted by Gasteiger charge is 2.22. The summed E-state index contributed by atoms with van der Waals surface area (Å²) in [4.78, 5) is 23.0. The first-order chi connectivity index (χ1) is 11.0. The standard InChI is InChI=1S/C17H25NO5/c1-3-4-11-23-14-7-5-13(6-8-14)15(20)9-10-18-16(12(2)19)17(21)22/h5-8,12,16,18-19H,3-4,9-11H2,1-2H3,(H,21,22)/t12-,16-/m1/s1. The second-order valence-electron chi connectivity index (χ2n) is 5.41. The Bertz CT molecular complexity index is 498. The molecule has 0 fully saturated rings. The van der Waals surface area contributed by atoms with Crippen LogP contribution >= 0.6 is 0 Å². The van der Waals surface area contributed by atoms with Crippen LogP contribution in [0.1, 0.15) is 43.5 Å². The van der Waals surface area contributed by atoms with E-state index in [1.165, 1.54) is 6.92 Å². The summed E-state index contributed by atoms with van der Waals surface area (Å²) in [6, 6.07) is 5.84. The highest BCUT2D eigenvalue weighted by Crippen LogP contribution is 2.14. The van der Waals surface area contributed by atoms with Gasteiger partial charge < -0.3 is 20.3 Å². The summed E-state index contributed by atoms with van der Waals surface area (Å²) in [5.41, 5.74) is 0.554. The molecule has 0 radical (unpaired) electrons. The maximum atomic E-state index is 12.0. The molecule has 0 spiro atoms. The van der Waals surface area contributed by atoms with E-state index in [4.69, 9.17) is 9.84 Å². The largest absolute Gasteiger partial charge is 0.494 e. The minimum absolute atomic E-state index is 0.0904. The number of aliphatic carboxylic acids is 1. The van der Waals surface area contributed by atoms with E-state index in [0.29, 0.717) is 12.2 Å². The summed E-state index contributed by atoms with van der Waals surface area (Å²) in [7, 11) is 0. The van der Waals surface area contributed by atoms with Gasteiger partial charge in [0, 0.05) is 18.5 Å². The SMILES string of the molecule is CCCCOc1ccc(C(=O)CCN[C@@H](C(=O)O)[C@@H](C)O)cc1. The Morgan fingerprint density at radius 3 is 2.43 bits per heavy atom. The van der Waals surface area contributed by atoms with Crippen molar-refractivity contribution >= 4 is 11.8 Å². The zero-order valence-electron chi connectivity index (χ0n) is 13.6. The average Bonchev–Trinajstić information content (AvgIpc) is 2.51. The van der Waals surface area contributed by atoms with Crippen molar-refractivity contribution in [1.29, 1.82) is 0 Å². The van der Waals surface area contributed by atoms with Crippen LogP contribution in [0.3, 0.4) is 0 Å². The van der Waals surface area contributed by atoms with Crippen LogP contribution in [0.2, 0.25) is 0 Å². The molecule has 0 unspecified atom stereocenters. The molecule has 0 saturated heterocycles. The van der Waals surface area contributed by atoms with Crippen LogP contribution in [0, 0.1) is 0 Å². The van der Waals surface area contributed by atoms with Gasteiger partial charge in [0.2, 0.25) is 0 Å². The number of carboxylic acid groups (broad SMARTS) is 1. The lowest BCUT2D eigenvalue weighted by atomic mass is 10.1. The molecule has 3 N–H and O–H groups in total. The van der Waals surface area contributed by atoms with Gasteiger partial charge in [0.25, 0.3) is 0 Å². The van der Waals surface area contributed by atoms with Crippen LogP contribution in [0.4, 0.5) is 0 Å². The number of ether oxygens (including phenoxy) is 1. The first-order valence-corrected chi connectivity index (χ1v) is 7.86. The van der Waals surface area contributed by atoms with Crippen LogP contribution in [0.25, 0.3) is 0 Å². The van der Waals surface area contributed by atoms with E-state index in [9.17, 15) is 14.7 Å². The normalized spacial score (nSPS) is 13.3. The fourth-order valence-electron chi connectivity index (χ4n) is 2.02. The fraction of sp³-hybridized carbons (Fsp3) is 0.529. The molecule has 0 bridgehead atoms. The molecule has 0 aliphatic heterocycles. The monoisotopic (exact) mass is 323 g/mol. The number of nitrogens with one attached hydrogen (secondary N) is 1. The predicted molar refractivity (Wildman–Crippen MR) is 86.9 cm³/mol. The van der Waals surface area contributed by atoms with E-state index in [-0.39, 0.29) is 18.7 Å². The van der Waals surface area contributed by atoms with Crippen LogP contribution in [0.5, 0.6) is 5.75 Å². The van der Waals surface area contributed by atoms with Gasteiger partial charge in [-0.15, -0.1) is 0 Å². The molecule has 0 saturated carbocycles. The topological polar surface area (TPSA) is 95.9 Å². The van der Waals surface area contributed by atoms with Crippen molar-refractivity contribution in [3.05, 3.63) is 29.8 Å². The highest BCUT2D eigenvalue weighted by atomic mass is 16.5. The van der Waals surface area contributed by atoms with Crippen molar-refractivity contribution in [2.45, 2.75) is 45.3 Å². The van der Waals surface area contributed by atoms with Gasteiger partial charge in [0.1, 0.15) is 11.8 Å². The molecular weight excluding hydrogens is 298 g/mol. The van der Waals surface area contributed by atoms with Crippen LogP contribution < -0.4 is 10.1 Å². The van der Waals surface area contributed by atoms with Crippen molar-refractivity contribution in [3.8, 4) is 5.75 Å². The summed E-state index contributed by atoms with van der Waals surface area (Å²) in [5.74, 6) is -0.499. The molecule has 1 rings (SSSR count). The van der Waals surface area contributed by atoms with Crippen molar-refractivity contribution < 1.29 is 24.5 Å². The zero-order valence-corrected chi connectivity index (χ0v) is 13.6. The summed E-state index contributed by atoms with van der Waals surface area (Å²) >= 11 is 0. The van der Waals surface area contributed by atoms with E-state index < -0.39 is 18.1 Å². The van der Waals surface area contributed by atoms with Gasteiger partial charge in [-0.25, -0.2) is 0 Å². The van der Waals surface area contributed by atoms with E-state index >= 15 is 0 Å². The highest BCUT2D eigenvalue weighted by molar-refractivity contribution is 5.96. The molecule has 1 aromatic carbocycles. The van der Waals surface area contributed by atoms with Gasteiger partial charge in [-0.05, 0) is 37.6 Å². The Balaban J connectivity index is 2.44. The van der Waals surface area contributed by atoms with Gasteiger partial charge >= 0.3 is 5.97 Å². The molecule has 0 aromatic heterocycles. The molecule has 2 atom stereocenters. The molecule has 1 aromatic rings. The Labute approximate surface area is 136 Å². The third-order valence-corrected chi connectivity index (χ3v) is 3.41. The number of unbranched alkanes of at least 4 members (excludes halogenated alkanes) is 1. The van der Waals surface area contributed by atoms with Gasteiger partial charge in [-0.2, -0.15) is 0 Å². The Morgan fingerprint density at radius 2 is 1.91 bits per heavy atom. The lowest BCUT2D eigenvalue weighted by molar-refractivity contribution is -0.142. The molecule has 0 heterocycles. The number of ketones is 1. The van der Waals surface area contributed by atoms with Crippen molar-refractivity contribution in [3.63, 3.8) is 0 Å². The Morgan fingerprint density at radius 1 is 1.26 bits per heavy atom. The second kappa shape index (κ2) is 9.97. The number of rotatable bonds is 11. The van der Waals surface area contributed by atoms with Gasteiger partial charge in [0.15, 0.2) is 5.78 Å². The second-order valence-corrected chi connectivity index (χ2v) is 5.41. The predicted octanol–water partition coefficient (Wildman–Crippen LogP) is 1.86. The number of benzene rings is 1. The number of Topliss-reactive ketones (excluding diaryl/α,β-unsaturated/α-hetero) is 1. The summed E-state index contributed by atoms with van der Waals surface area (Å²) in [6.45, 7) is 4.33. The molecule has 6 nitrogen and oxygen atoms in total. The van der Waals surface area contributed by atoms with Crippen molar-refractivity contribution in [1.82, 2.24) is 5.32 Å². The molecule has 0 amide bonds. The van der Waals surface area contributed by atoms with Gasteiger partial charge in [-0.3, -0.25) is 9.59 Å². The minimum Gasteiger partial charge on any atom is -0.494 e. The molecule has 6 heteroatoms. The third kappa shape index (κ3) is 6.80. The van der Waals surface area contributed by atoms with Gasteiger partial charge in [-0.1, -0.05) is 13.3 Å². The number of hydrogen-bond donors (Lipinski definition) is 3. The van der Waals surface area contributed by atoms with Crippen molar-refractivity contribution in [2.24, 2.45) is 0 Å². The lowest BCUT2D eigenvalue weighted by Gasteiger charge is -2.16. The Hall–Kier alpha value is -1.92.